The van der Waals surface area contributed by atoms with Crippen molar-refractivity contribution >= 4 is 45.7 Å². The van der Waals surface area contributed by atoms with Crippen LogP contribution in [0.15, 0.2) is 121 Å². The lowest BCUT2D eigenvalue weighted by Gasteiger charge is -2.28. The van der Waals surface area contributed by atoms with E-state index in [0.29, 0.717) is 29.2 Å². The third kappa shape index (κ3) is 6.51. The number of para-hydroxylation sites is 2. The average molecular weight is 643 g/mol. The Kier molecular flexibility index (Phi) is 9.52. The number of fused-ring (bicyclic) bond motifs is 2. The Morgan fingerprint density at radius 3 is 2.44 bits per heavy atom. The summed E-state index contributed by atoms with van der Waals surface area (Å²) in [5.41, 5.74) is 2.70. The van der Waals surface area contributed by atoms with Crippen LogP contribution >= 0.6 is 0 Å². The molecule has 0 unspecified atom stereocenters. The normalized spacial score (nSPS) is 16.3. The number of nitrogens with one attached hydrogen (secondary N) is 2. The van der Waals surface area contributed by atoms with Crippen molar-refractivity contribution in [2.75, 3.05) is 23.4 Å². The molecule has 2 heterocycles. The predicted molar refractivity (Wildman–Crippen MR) is 186 cm³/mol. The number of aromatic amines is 1. The highest BCUT2D eigenvalue weighted by molar-refractivity contribution is 6.12. The summed E-state index contributed by atoms with van der Waals surface area (Å²) >= 11 is 0. The van der Waals surface area contributed by atoms with Gasteiger partial charge in [0.2, 0.25) is 11.8 Å². The summed E-state index contributed by atoms with van der Waals surface area (Å²) in [6.45, 7) is 2.11. The average Bonchev–Trinajstić information content (AvgIpc) is 3.61. The van der Waals surface area contributed by atoms with Crippen LogP contribution < -0.4 is 10.2 Å². The molecule has 4 N–H and O–H groups in total. The van der Waals surface area contributed by atoms with Crippen molar-refractivity contribution in [2.45, 2.75) is 31.9 Å². The molecular formula is C39H38N4O5. The molecule has 5 aromatic rings. The Morgan fingerprint density at radius 1 is 0.979 bits per heavy atom. The summed E-state index contributed by atoms with van der Waals surface area (Å²) in [5.74, 6) is -1.68. The number of aliphatic hydroxyl groups is 2. The lowest BCUT2D eigenvalue weighted by molar-refractivity contribution is -0.138. The van der Waals surface area contributed by atoms with Crippen LogP contribution in [0.2, 0.25) is 0 Å². The second-order valence-corrected chi connectivity index (χ2v) is 12.0. The molecule has 0 bridgehead atoms. The first-order valence-electron chi connectivity index (χ1n) is 16.0. The van der Waals surface area contributed by atoms with Gasteiger partial charge in [0, 0.05) is 59.5 Å². The summed E-state index contributed by atoms with van der Waals surface area (Å²) in [5, 5.41) is 25.7. The number of aromatic nitrogens is 1. The SMILES string of the molecule is C[C@H](/C=C/CC(=O)N(CCO)Cc1ccccc1)[C@@]1(O)C(=O)N(c2ccccc2)c2ccc(NC(=O)Cc3c[nH]c4ccccc34)cc21. The number of hydrogen-bond acceptors (Lipinski definition) is 5. The largest absolute Gasteiger partial charge is 0.395 e. The quantitative estimate of drug-likeness (QED) is 0.128. The van der Waals surface area contributed by atoms with E-state index in [0.717, 1.165) is 22.0 Å². The Bertz CT molecular complexity index is 1960. The Labute approximate surface area is 279 Å². The van der Waals surface area contributed by atoms with Gasteiger partial charge in [-0.25, -0.2) is 0 Å². The molecule has 1 aliphatic rings. The van der Waals surface area contributed by atoms with E-state index in [-0.39, 0.29) is 37.8 Å². The maximum Gasteiger partial charge on any atom is 0.268 e. The highest BCUT2D eigenvalue weighted by Crippen LogP contribution is 2.49. The van der Waals surface area contributed by atoms with Gasteiger partial charge in [-0.3, -0.25) is 19.3 Å². The fourth-order valence-corrected chi connectivity index (χ4v) is 6.30. The van der Waals surface area contributed by atoms with Gasteiger partial charge in [-0.1, -0.05) is 85.8 Å². The maximum absolute atomic E-state index is 14.1. The van der Waals surface area contributed by atoms with E-state index in [1.54, 1.807) is 54.3 Å². The number of carbonyl (C=O) groups excluding carboxylic acids is 3. The minimum absolute atomic E-state index is 0.0284. The van der Waals surface area contributed by atoms with Gasteiger partial charge in [0.15, 0.2) is 5.60 Å². The molecule has 2 atom stereocenters. The molecule has 0 spiro atoms. The van der Waals surface area contributed by atoms with Crippen molar-refractivity contribution in [3.63, 3.8) is 0 Å². The number of anilines is 3. The fourth-order valence-electron chi connectivity index (χ4n) is 6.30. The molecular weight excluding hydrogens is 604 g/mol. The van der Waals surface area contributed by atoms with E-state index in [9.17, 15) is 24.6 Å². The van der Waals surface area contributed by atoms with E-state index in [2.05, 4.69) is 10.3 Å². The van der Waals surface area contributed by atoms with E-state index in [4.69, 9.17) is 0 Å². The van der Waals surface area contributed by atoms with Gasteiger partial charge in [-0.05, 0) is 47.5 Å². The van der Waals surface area contributed by atoms with E-state index < -0.39 is 17.4 Å². The monoisotopic (exact) mass is 642 g/mol. The molecule has 0 aliphatic carbocycles. The van der Waals surface area contributed by atoms with Crippen LogP contribution in [-0.2, 0) is 33.0 Å². The number of nitrogens with zero attached hydrogens (tertiary/aromatic N) is 2. The van der Waals surface area contributed by atoms with Gasteiger partial charge in [0.25, 0.3) is 5.91 Å². The van der Waals surface area contributed by atoms with Crippen molar-refractivity contribution in [2.24, 2.45) is 5.92 Å². The zero-order valence-corrected chi connectivity index (χ0v) is 26.7. The number of carbonyl (C=O) groups is 3. The van der Waals surface area contributed by atoms with Crippen LogP contribution in [0, 0.1) is 5.92 Å². The molecule has 244 valence electrons. The molecule has 0 fully saturated rings. The number of hydrogen-bond donors (Lipinski definition) is 4. The molecule has 0 saturated heterocycles. The zero-order chi connectivity index (χ0) is 33.7. The first-order valence-corrected chi connectivity index (χ1v) is 16.0. The molecule has 4 aromatic carbocycles. The molecule has 1 aromatic heterocycles. The van der Waals surface area contributed by atoms with Crippen LogP contribution in [0.3, 0.4) is 0 Å². The van der Waals surface area contributed by atoms with Gasteiger partial charge in [-0.2, -0.15) is 0 Å². The molecule has 0 radical (unpaired) electrons. The molecule has 6 rings (SSSR count). The first-order chi connectivity index (χ1) is 23.3. The topological polar surface area (TPSA) is 126 Å². The number of aliphatic hydroxyl groups excluding tert-OH is 1. The molecule has 9 nitrogen and oxygen atoms in total. The standard InChI is InChI=1S/C39H38N4O5/c1-27(11-10-18-37(46)42(21-22-44)26-28-12-4-2-5-13-28)39(48)33-24-30(19-20-35(33)43(38(39)47)31-14-6-3-7-15-31)41-36(45)23-29-25-40-34-17-9-8-16-32(29)34/h2-17,19-20,24-25,27,40,44,48H,18,21-23,26H2,1H3,(H,41,45)/b11-10+/t27-,39+/m1/s1. The number of H-pyrrole nitrogens is 1. The molecule has 1 aliphatic heterocycles. The van der Waals surface area contributed by atoms with Gasteiger partial charge >= 0.3 is 0 Å². The van der Waals surface area contributed by atoms with Crippen molar-refractivity contribution in [3.05, 3.63) is 138 Å². The fraction of sp³-hybridized carbons (Fsp3) is 0.205. The number of amides is 3. The van der Waals surface area contributed by atoms with Crippen molar-refractivity contribution in [3.8, 4) is 0 Å². The second-order valence-electron chi connectivity index (χ2n) is 12.0. The van der Waals surface area contributed by atoms with E-state index in [1.165, 1.54) is 4.90 Å². The smallest absolute Gasteiger partial charge is 0.268 e. The maximum atomic E-state index is 14.1. The Hall–Kier alpha value is -5.51. The highest BCUT2D eigenvalue weighted by atomic mass is 16.3. The number of benzene rings is 4. The number of rotatable bonds is 12. The molecule has 0 saturated carbocycles. The summed E-state index contributed by atoms with van der Waals surface area (Å²) in [6.07, 6.45) is 5.33. The third-order valence-electron chi connectivity index (χ3n) is 8.82. The minimum Gasteiger partial charge on any atom is -0.395 e. The van der Waals surface area contributed by atoms with Crippen LogP contribution in [0.25, 0.3) is 10.9 Å². The lowest BCUT2D eigenvalue weighted by atomic mass is 9.82. The molecule has 9 heteroatoms. The van der Waals surface area contributed by atoms with Crippen LogP contribution in [0.4, 0.5) is 17.1 Å². The van der Waals surface area contributed by atoms with E-state index in [1.807, 2.05) is 79.0 Å². The van der Waals surface area contributed by atoms with Crippen LogP contribution in [0.5, 0.6) is 0 Å². The lowest BCUT2D eigenvalue weighted by Crippen LogP contribution is -2.42. The van der Waals surface area contributed by atoms with Crippen LogP contribution in [-0.4, -0.2) is 51.0 Å². The highest BCUT2D eigenvalue weighted by Gasteiger charge is 2.53. The van der Waals surface area contributed by atoms with Gasteiger partial charge in [-0.15, -0.1) is 0 Å². The van der Waals surface area contributed by atoms with E-state index >= 15 is 0 Å². The summed E-state index contributed by atoms with van der Waals surface area (Å²) in [6, 6.07) is 31.5. The summed E-state index contributed by atoms with van der Waals surface area (Å²) < 4.78 is 0. The summed E-state index contributed by atoms with van der Waals surface area (Å²) in [7, 11) is 0. The Balaban J connectivity index is 1.24. The third-order valence-corrected chi connectivity index (χ3v) is 8.82. The Morgan fingerprint density at radius 2 is 1.69 bits per heavy atom. The van der Waals surface area contributed by atoms with Crippen molar-refractivity contribution < 1.29 is 24.6 Å². The van der Waals surface area contributed by atoms with Gasteiger partial charge in [0.05, 0.1) is 18.7 Å². The van der Waals surface area contributed by atoms with Crippen molar-refractivity contribution in [1.29, 1.82) is 0 Å². The summed E-state index contributed by atoms with van der Waals surface area (Å²) in [4.78, 5) is 46.7. The molecule has 3 amide bonds. The molecule has 48 heavy (non-hydrogen) atoms. The van der Waals surface area contributed by atoms with Crippen LogP contribution in [0.1, 0.15) is 30.0 Å². The first kappa shape index (κ1) is 32.4. The second kappa shape index (κ2) is 14.1. The zero-order valence-electron chi connectivity index (χ0n) is 26.7. The van der Waals surface area contributed by atoms with Gasteiger partial charge in [0.1, 0.15) is 0 Å². The van der Waals surface area contributed by atoms with Gasteiger partial charge < -0.3 is 25.4 Å². The predicted octanol–water partition coefficient (Wildman–Crippen LogP) is 5.82. The minimum atomic E-state index is -1.98. The van der Waals surface area contributed by atoms with Crippen molar-refractivity contribution in [1.82, 2.24) is 9.88 Å².